The summed E-state index contributed by atoms with van der Waals surface area (Å²) in [6.07, 6.45) is 1.79. The van der Waals surface area contributed by atoms with Gasteiger partial charge in [0.25, 0.3) is 5.91 Å². The van der Waals surface area contributed by atoms with Crippen molar-refractivity contribution in [1.29, 1.82) is 5.41 Å². The van der Waals surface area contributed by atoms with Gasteiger partial charge in [-0.3, -0.25) is 10.2 Å². The van der Waals surface area contributed by atoms with Crippen LogP contribution >= 0.6 is 23.7 Å². The molecule has 0 saturated heterocycles. The molecule has 2 aliphatic rings. The molecule has 3 heterocycles. The van der Waals surface area contributed by atoms with Crippen LogP contribution in [0.4, 0.5) is 0 Å². The minimum Gasteiger partial charge on any atom is -0.317 e. The van der Waals surface area contributed by atoms with E-state index in [0.29, 0.717) is 10.3 Å². The van der Waals surface area contributed by atoms with Gasteiger partial charge in [0.05, 0.1) is 23.2 Å². The summed E-state index contributed by atoms with van der Waals surface area (Å²) in [5.74, 6) is 0.428. The van der Waals surface area contributed by atoms with Crippen LogP contribution in [0, 0.1) is 33.1 Å². The number of amides is 1. The van der Waals surface area contributed by atoms with Gasteiger partial charge in [-0.05, 0) is 62.1 Å². The normalized spacial score (nSPS) is 16.6. The number of amidine groups is 3. The van der Waals surface area contributed by atoms with Gasteiger partial charge in [0.1, 0.15) is 5.84 Å². The van der Waals surface area contributed by atoms with Gasteiger partial charge in [0.2, 0.25) is 5.17 Å². The molecule has 35 heavy (non-hydrogen) atoms. The van der Waals surface area contributed by atoms with Crippen molar-refractivity contribution >= 4 is 51.9 Å². The number of thioether (sulfide) groups is 1. The van der Waals surface area contributed by atoms with Crippen molar-refractivity contribution in [3.05, 3.63) is 93.8 Å². The van der Waals surface area contributed by atoms with Gasteiger partial charge in [0, 0.05) is 17.1 Å². The number of para-hydroxylation sites is 1. The van der Waals surface area contributed by atoms with Crippen molar-refractivity contribution in [3.8, 4) is 5.69 Å². The lowest BCUT2D eigenvalue weighted by Crippen LogP contribution is -2.41. The van der Waals surface area contributed by atoms with Crippen LogP contribution in [-0.4, -0.2) is 31.5 Å². The Morgan fingerprint density at radius 1 is 1.03 bits per heavy atom. The van der Waals surface area contributed by atoms with E-state index in [-0.39, 0.29) is 11.4 Å². The summed E-state index contributed by atoms with van der Waals surface area (Å²) in [5.41, 5.74) is 7.96. The average Bonchev–Trinajstić information content (AvgIpc) is 3.36. The number of carbonyl (C=O) groups is 1. The summed E-state index contributed by atoms with van der Waals surface area (Å²) in [6, 6.07) is 18.5. The van der Waals surface area contributed by atoms with Crippen LogP contribution in [0.2, 0.25) is 0 Å². The van der Waals surface area contributed by atoms with Crippen LogP contribution in [0.15, 0.2) is 69.6 Å². The van der Waals surface area contributed by atoms with E-state index in [1.165, 1.54) is 28.5 Å². The van der Waals surface area contributed by atoms with Crippen molar-refractivity contribution in [2.45, 2.75) is 33.4 Å². The molecule has 0 radical (unpaired) electrons. The largest absolute Gasteiger partial charge is 0.317 e. The number of nitrogens with one attached hydrogen (secondary N) is 1. The molecule has 0 unspecified atom stereocenters. The third-order valence-electron chi connectivity index (χ3n) is 6.14. The van der Waals surface area contributed by atoms with E-state index in [4.69, 9.17) is 5.41 Å². The minimum absolute atomic E-state index is 0.112. The van der Waals surface area contributed by atoms with Crippen molar-refractivity contribution in [3.63, 3.8) is 0 Å². The zero-order valence-electron chi connectivity index (χ0n) is 20.0. The molecule has 0 saturated carbocycles. The quantitative estimate of drug-likeness (QED) is 0.342. The minimum atomic E-state index is -0.407. The van der Waals surface area contributed by atoms with Crippen LogP contribution in [0.5, 0.6) is 0 Å². The van der Waals surface area contributed by atoms with E-state index in [1.807, 2.05) is 25.1 Å². The maximum Gasteiger partial charge on any atom is 0.283 e. The van der Waals surface area contributed by atoms with E-state index < -0.39 is 5.91 Å². The molecule has 6 nitrogen and oxygen atoms in total. The number of aryl methyl sites for hydroxylation is 3. The highest BCUT2D eigenvalue weighted by atomic mass is 32.2. The van der Waals surface area contributed by atoms with Gasteiger partial charge < -0.3 is 4.57 Å². The first-order valence-corrected chi connectivity index (χ1v) is 13.0. The molecule has 8 heteroatoms. The maximum absolute atomic E-state index is 12.9. The highest BCUT2D eigenvalue weighted by Gasteiger charge is 2.37. The fourth-order valence-corrected chi connectivity index (χ4v) is 6.21. The molecule has 3 aromatic rings. The maximum atomic E-state index is 12.9. The second-order valence-corrected chi connectivity index (χ2v) is 10.3. The highest BCUT2D eigenvalue weighted by Crippen LogP contribution is 2.34. The Kier molecular flexibility index (Phi) is 6.25. The zero-order valence-corrected chi connectivity index (χ0v) is 21.6. The van der Waals surface area contributed by atoms with E-state index in [2.05, 4.69) is 71.1 Å². The molecule has 1 amide bonds. The fourth-order valence-electron chi connectivity index (χ4n) is 4.41. The molecular formula is C27H25N5OS2. The van der Waals surface area contributed by atoms with E-state index >= 15 is 0 Å². The molecule has 1 N–H and O–H groups in total. The zero-order chi connectivity index (χ0) is 24.7. The third-order valence-corrected chi connectivity index (χ3v) is 7.96. The average molecular weight is 500 g/mol. The lowest BCUT2D eigenvalue weighted by molar-refractivity contribution is -0.114. The molecule has 0 bridgehead atoms. The second kappa shape index (κ2) is 9.36. The monoisotopic (exact) mass is 499 g/mol. The summed E-state index contributed by atoms with van der Waals surface area (Å²) in [5, 5.41) is 9.98. The first-order valence-electron chi connectivity index (χ1n) is 11.3. The number of carbonyl (C=O) groups excluding carboxylic acids is 1. The predicted molar refractivity (Wildman–Crippen MR) is 147 cm³/mol. The lowest BCUT2D eigenvalue weighted by Gasteiger charge is -2.24. The standard InChI is InChI=1S/C27H25N5OS2/c1-16-9-8-10-17(2)23(16)31-18(3)13-21(19(31)4)14-22-24(28)32-26(29-25(22)33)35-30-27(32)34-15-20-11-6-5-7-12-20/h5-14,28H,15H2,1-4H3/b22-14+,28-24?. The Balaban J connectivity index is 1.47. The summed E-state index contributed by atoms with van der Waals surface area (Å²) < 4.78 is 6.70. The van der Waals surface area contributed by atoms with Crippen molar-refractivity contribution in [1.82, 2.24) is 9.47 Å². The van der Waals surface area contributed by atoms with E-state index in [1.54, 1.807) is 11.0 Å². The number of benzene rings is 2. The van der Waals surface area contributed by atoms with Crippen molar-refractivity contribution in [2.75, 3.05) is 0 Å². The summed E-state index contributed by atoms with van der Waals surface area (Å²) in [7, 11) is 0. The van der Waals surface area contributed by atoms with Crippen molar-refractivity contribution in [2.24, 2.45) is 9.39 Å². The Morgan fingerprint density at radius 3 is 2.46 bits per heavy atom. The number of aliphatic imine (C=N–C) groups is 1. The van der Waals surface area contributed by atoms with Crippen LogP contribution in [0.1, 0.15) is 33.6 Å². The Labute approximate surface area is 213 Å². The summed E-state index contributed by atoms with van der Waals surface area (Å²) >= 11 is 2.68. The number of nitrogens with zero attached hydrogens (tertiary/aromatic N) is 4. The van der Waals surface area contributed by atoms with E-state index in [9.17, 15) is 4.79 Å². The number of fused-ring (bicyclic) bond motifs is 1. The number of aromatic nitrogens is 1. The fraction of sp³-hybridized carbons (Fsp3) is 0.185. The first-order chi connectivity index (χ1) is 16.8. The molecule has 0 fully saturated rings. The van der Waals surface area contributed by atoms with Gasteiger partial charge in [0.15, 0.2) is 5.17 Å². The van der Waals surface area contributed by atoms with Gasteiger partial charge >= 0.3 is 0 Å². The Bertz CT molecular complexity index is 1430. The molecular weight excluding hydrogens is 474 g/mol. The van der Waals surface area contributed by atoms with Crippen molar-refractivity contribution < 1.29 is 4.79 Å². The van der Waals surface area contributed by atoms with Crippen LogP contribution in [0.3, 0.4) is 0 Å². The smallest absolute Gasteiger partial charge is 0.283 e. The topological polar surface area (TPSA) is 73.8 Å². The number of rotatable bonds is 4. The van der Waals surface area contributed by atoms with Gasteiger partial charge in [-0.1, -0.05) is 60.3 Å². The molecule has 0 spiro atoms. The lowest BCUT2D eigenvalue weighted by atomic mass is 10.1. The summed E-state index contributed by atoms with van der Waals surface area (Å²) in [6.45, 7) is 8.32. The number of hydrogen-bond acceptors (Lipinski definition) is 5. The molecule has 2 aromatic carbocycles. The van der Waals surface area contributed by atoms with Gasteiger partial charge in [-0.2, -0.15) is 9.39 Å². The Hall–Kier alpha value is -3.36. The molecule has 2 aliphatic heterocycles. The SMILES string of the molecule is Cc1cccc(C)c1-n1c(C)cc(/C=C2\C(=N)N3C(SCc4ccccc4)=NSC3=NC2=O)c1C. The molecule has 0 aliphatic carbocycles. The van der Waals surface area contributed by atoms with E-state index in [0.717, 1.165) is 40.3 Å². The molecule has 1 aromatic heterocycles. The van der Waals surface area contributed by atoms with Crippen LogP contribution in [-0.2, 0) is 10.5 Å². The van der Waals surface area contributed by atoms with Gasteiger partial charge in [-0.25, -0.2) is 4.90 Å². The first kappa shape index (κ1) is 23.4. The number of hydrogen-bond donors (Lipinski definition) is 1. The van der Waals surface area contributed by atoms with Crippen LogP contribution < -0.4 is 0 Å². The summed E-state index contributed by atoms with van der Waals surface area (Å²) in [4.78, 5) is 18.8. The Morgan fingerprint density at radius 2 is 1.74 bits per heavy atom. The molecule has 176 valence electrons. The van der Waals surface area contributed by atoms with Crippen LogP contribution in [0.25, 0.3) is 11.8 Å². The molecule has 5 rings (SSSR count). The molecule has 0 atom stereocenters. The third kappa shape index (κ3) is 4.28. The van der Waals surface area contributed by atoms with Gasteiger partial charge in [-0.15, -0.1) is 0 Å². The predicted octanol–water partition coefficient (Wildman–Crippen LogP) is 6.22. The highest BCUT2D eigenvalue weighted by molar-refractivity contribution is 8.18. The second-order valence-electron chi connectivity index (χ2n) is 8.58.